The van der Waals surface area contributed by atoms with Crippen molar-refractivity contribution in [2.45, 2.75) is 18.4 Å². The van der Waals surface area contributed by atoms with Gasteiger partial charge in [-0.25, -0.2) is 14.4 Å². The second-order valence-electron chi connectivity index (χ2n) is 7.89. The summed E-state index contributed by atoms with van der Waals surface area (Å²) >= 11 is 0. The number of carboxylic acids is 2. The average Bonchev–Trinajstić information content (AvgIpc) is 3.15. The first-order valence-electron chi connectivity index (χ1n) is 10.7. The number of rotatable bonds is 9. The summed E-state index contributed by atoms with van der Waals surface area (Å²) in [6.07, 6.45) is -0.783. The quantitative estimate of drug-likeness (QED) is 0.444. The van der Waals surface area contributed by atoms with E-state index in [1.54, 1.807) is 24.3 Å². The fourth-order valence-corrected chi connectivity index (χ4v) is 4.08. The van der Waals surface area contributed by atoms with Crippen molar-refractivity contribution in [1.29, 1.82) is 0 Å². The number of nitrogens with one attached hydrogen (secondary N) is 1. The van der Waals surface area contributed by atoms with Crippen LogP contribution in [0.3, 0.4) is 0 Å². The molecule has 0 bridgehead atoms. The first-order chi connectivity index (χ1) is 16.4. The van der Waals surface area contributed by atoms with Crippen LogP contribution >= 0.6 is 0 Å². The SMILES string of the molecule is O=C(O)COc1ccc(C[C@H](NC(=O)OCC2c3ccccc3-c3ccccc32)C(=O)O)cc1. The summed E-state index contributed by atoms with van der Waals surface area (Å²) in [5, 5.41) is 20.6. The fourth-order valence-electron chi connectivity index (χ4n) is 4.08. The molecule has 174 valence electrons. The van der Waals surface area contributed by atoms with Crippen LogP contribution in [0.25, 0.3) is 11.1 Å². The lowest BCUT2D eigenvalue weighted by atomic mass is 9.98. The van der Waals surface area contributed by atoms with Crippen LogP contribution < -0.4 is 10.1 Å². The maximum atomic E-state index is 12.5. The number of alkyl carbamates (subject to hydrolysis) is 1. The number of hydrogen-bond donors (Lipinski definition) is 3. The summed E-state index contributed by atoms with van der Waals surface area (Å²) in [5.74, 6) is -2.07. The van der Waals surface area contributed by atoms with Crippen LogP contribution in [0.15, 0.2) is 72.8 Å². The molecule has 3 N–H and O–H groups in total. The summed E-state index contributed by atoms with van der Waals surface area (Å²) < 4.78 is 10.5. The van der Waals surface area contributed by atoms with Gasteiger partial charge in [-0.3, -0.25) is 0 Å². The number of ether oxygens (including phenoxy) is 2. The largest absolute Gasteiger partial charge is 0.482 e. The summed E-state index contributed by atoms with van der Waals surface area (Å²) in [7, 11) is 0. The minimum Gasteiger partial charge on any atom is -0.482 e. The van der Waals surface area contributed by atoms with Gasteiger partial charge in [0, 0.05) is 12.3 Å². The zero-order chi connectivity index (χ0) is 24.1. The molecule has 8 nitrogen and oxygen atoms in total. The number of fused-ring (bicyclic) bond motifs is 3. The maximum Gasteiger partial charge on any atom is 0.407 e. The molecule has 1 aliphatic carbocycles. The third-order valence-corrected chi connectivity index (χ3v) is 5.66. The Bertz CT molecular complexity index is 1160. The molecule has 3 aromatic carbocycles. The van der Waals surface area contributed by atoms with Gasteiger partial charge in [-0.05, 0) is 39.9 Å². The molecule has 0 saturated carbocycles. The minimum absolute atomic E-state index is 0.0265. The van der Waals surface area contributed by atoms with E-state index >= 15 is 0 Å². The van der Waals surface area contributed by atoms with Crippen molar-refractivity contribution in [2.24, 2.45) is 0 Å². The minimum atomic E-state index is -1.19. The van der Waals surface area contributed by atoms with Crippen LogP contribution in [0.2, 0.25) is 0 Å². The van der Waals surface area contributed by atoms with E-state index in [9.17, 15) is 19.5 Å². The van der Waals surface area contributed by atoms with Crippen molar-refractivity contribution in [2.75, 3.05) is 13.2 Å². The molecule has 1 atom stereocenters. The third kappa shape index (κ3) is 5.17. The van der Waals surface area contributed by atoms with Crippen molar-refractivity contribution >= 4 is 18.0 Å². The normalized spacial score (nSPS) is 12.8. The van der Waals surface area contributed by atoms with Gasteiger partial charge in [0.05, 0.1) is 0 Å². The van der Waals surface area contributed by atoms with Gasteiger partial charge in [0.1, 0.15) is 18.4 Å². The molecule has 0 heterocycles. The summed E-state index contributed by atoms with van der Waals surface area (Å²) in [6, 6.07) is 21.0. The maximum absolute atomic E-state index is 12.5. The van der Waals surface area contributed by atoms with Crippen LogP contribution in [0.1, 0.15) is 22.6 Å². The zero-order valence-corrected chi connectivity index (χ0v) is 18.1. The van der Waals surface area contributed by atoms with Gasteiger partial charge in [0.15, 0.2) is 6.61 Å². The molecule has 0 spiro atoms. The average molecular weight is 461 g/mol. The van der Waals surface area contributed by atoms with Gasteiger partial charge in [0.25, 0.3) is 0 Å². The molecule has 3 aromatic rings. The lowest BCUT2D eigenvalue weighted by Gasteiger charge is -2.17. The van der Waals surface area contributed by atoms with Gasteiger partial charge < -0.3 is 25.0 Å². The monoisotopic (exact) mass is 461 g/mol. The van der Waals surface area contributed by atoms with Crippen LogP contribution in [-0.2, 0) is 20.7 Å². The predicted molar refractivity (Wildman–Crippen MR) is 123 cm³/mol. The number of carbonyl (C=O) groups excluding carboxylic acids is 1. The number of benzene rings is 3. The van der Waals surface area contributed by atoms with Gasteiger partial charge in [0.2, 0.25) is 0 Å². The van der Waals surface area contributed by atoms with E-state index in [2.05, 4.69) is 5.32 Å². The van der Waals surface area contributed by atoms with Crippen LogP contribution in [0.4, 0.5) is 4.79 Å². The van der Waals surface area contributed by atoms with E-state index in [0.717, 1.165) is 22.3 Å². The number of amides is 1. The summed E-state index contributed by atoms with van der Waals surface area (Å²) in [5.41, 5.74) is 4.97. The molecular formula is C26H23NO7. The molecule has 0 radical (unpaired) electrons. The Morgan fingerprint density at radius 1 is 0.853 bits per heavy atom. The Hall–Kier alpha value is -4.33. The molecule has 1 aliphatic rings. The van der Waals surface area contributed by atoms with E-state index in [1.807, 2.05) is 48.5 Å². The highest BCUT2D eigenvalue weighted by molar-refractivity contribution is 5.81. The highest BCUT2D eigenvalue weighted by Gasteiger charge is 2.29. The number of hydrogen-bond acceptors (Lipinski definition) is 5. The predicted octanol–water partition coefficient (Wildman–Crippen LogP) is 3.68. The lowest BCUT2D eigenvalue weighted by molar-refractivity contribution is -0.140. The van der Waals surface area contributed by atoms with Crippen molar-refractivity contribution in [3.63, 3.8) is 0 Å². The Kier molecular flexibility index (Phi) is 6.77. The zero-order valence-electron chi connectivity index (χ0n) is 18.1. The standard InChI is InChI=1S/C26H23NO7/c28-24(29)15-33-17-11-9-16(10-12-17)13-23(25(30)31)27-26(32)34-14-22-20-7-3-1-5-18(20)19-6-2-4-8-21(19)22/h1-12,22-23H,13-15H2,(H,27,32)(H,28,29)(H,30,31)/t23-/m0/s1. The van der Waals surface area contributed by atoms with Gasteiger partial charge in [-0.1, -0.05) is 60.7 Å². The molecular weight excluding hydrogens is 438 g/mol. The Labute approximate surface area is 195 Å². The highest BCUT2D eigenvalue weighted by atomic mass is 16.5. The molecule has 34 heavy (non-hydrogen) atoms. The molecule has 0 aromatic heterocycles. The van der Waals surface area contributed by atoms with E-state index in [-0.39, 0.29) is 18.9 Å². The molecule has 8 heteroatoms. The molecule has 0 unspecified atom stereocenters. The third-order valence-electron chi connectivity index (χ3n) is 5.66. The second-order valence-corrected chi connectivity index (χ2v) is 7.89. The molecule has 0 saturated heterocycles. The number of carboxylic acid groups (broad SMARTS) is 2. The number of aliphatic carboxylic acids is 2. The molecule has 1 amide bonds. The first kappa shape index (κ1) is 22.8. The lowest BCUT2D eigenvalue weighted by Crippen LogP contribution is -2.42. The molecule has 0 aliphatic heterocycles. The van der Waals surface area contributed by atoms with Gasteiger partial charge in [-0.2, -0.15) is 0 Å². The van der Waals surface area contributed by atoms with Crippen molar-refractivity contribution in [1.82, 2.24) is 5.32 Å². The molecule has 0 fully saturated rings. The number of carbonyl (C=O) groups is 3. The topological polar surface area (TPSA) is 122 Å². The second kappa shape index (κ2) is 10.1. The smallest absolute Gasteiger partial charge is 0.407 e. The fraction of sp³-hybridized carbons (Fsp3) is 0.192. The van der Waals surface area contributed by atoms with Gasteiger partial charge >= 0.3 is 18.0 Å². The van der Waals surface area contributed by atoms with E-state index < -0.39 is 30.7 Å². The Morgan fingerprint density at radius 2 is 1.44 bits per heavy atom. The van der Waals surface area contributed by atoms with Gasteiger partial charge in [-0.15, -0.1) is 0 Å². The van der Waals surface area contributed by atoms with Crippen LogP contribution in [0, 0.1) is 0 Å². The van der Waals surface area contributed by atoms with Crippen LogP contribution in [0.5, 0.6) is 5.75 Å². The first-order valence-corrected chi connectivity index (χ1v) is 10.7. The van der Waals surface area contributed by atoms with E-state index in [4.69, 9.17) is 14.6 Å². The van der Waals surface area contributed by atoms with Crippen LogP contribution in [-0.4, -0.2) is 47.5 Å². The Balaban J connectivity index is 1.37. The van der Waals surface area contributed by atoms with Crippen molar-refractivity contribution < 1.29 is 34.1 Å². The van der Waals surface area contributed by atoms with Crippen molar-refractivity contribution in [3.8, 4) is 16.9 Å². The van der Waals surface area contributed by atoms with Crippen molar-refractivity contribution in [3.05, 3.63) is 89.5 Å². The van der Waals surface area contributed by atoms with E-state index in [1.165, 1.54) is 0 Å². The van der Waals surface area contributed by atoms with E-state index in [0.29, 0.717) is 11.3 Å². The Morgan fingerprint density at radius 3 is 2.00 bits per heavy atom. The summed E-state index contributed by atoms with van der Waals surface area (Å²) in [6.45, 7) is -0.387. The highest BCUT2D eigenvalue weighted by Crippen LogP contribution is 2.44. The summed E-state index contributed by atoms with van der Waals surface area (Å²) in [4.78, 5) is 34.8. The molecule has 4 rings (SSSR count).